The standard InChI is InChI=1S/C22H30O4/c1-20-10-4-3-5-14(20)6-7-15-16(20)8-11-21(2)17(15)9-12-22(21)18(19(23)24)25-13-26-22/h4-5,10,15-18H,3,6-9,11-13H2,1-2H3,(H,23,24)/t15-,16+,17+,18?,20+,21+,22+/m1/s1. The average Bonchev–Trinajstić information content (AvgIpc) is 3.18. The fourth-order valence-electron chi connectivity index (χ4n) is 7.73. The minimum absolute atomic E-state index is 0.0936. The van der Waals surface area contributed by atoms with Crippen LogP contribution in [0.15, 0.2) is 23.8 Å². The first-order chi connectivity index (χ1) is 12.4. The topological polar surface area (TPSA) is 55.8 Å². The molecule has 1 spiro atoms. The molecule has 4 aliphatic carbocycles. The molecule has 1 heterocycles. The third-order valence-corrected chi connectivity index (χ3v) is 8.99. The number of fused-ring (bicyclic) bond motifs is 6. The van der Waals surface area contributed by atoms with Gasteiger partial charge < -0.3 is 14.6 Å². The largest absolute Gasteiger partial charge is 0.479 e. The molecule has 7 atom stereocenters. The van der Waals surface area contributed by atoms with E-state index in [1.807, 2.05) is 0 Å². The molecule has 0 bridgehead atoms. The number of carboxylic acids is 1. The lowest BCUT2D eigenvalue weighted by Crippen LogP contribution is -2.59. The van der Waals surface area contributed by atoms with Gasteiger partial charge in [0.25, 0.3) is 0 Å². The Morgan fingerprint density at radius 2 is 2.00 bits per heavy atom. The van der Waals surface area contributed by atoms with E-state index in [1.165, 1.54) is 12.8 Å². The molecule has 4 fully saturated rings. The highest BCUT2D eigenvalue weighted by atomic mass is 16.7. The highest BCUT2D eigenvalue weighted by molar-refractivity contribution is 5.75. The monoisotopic (exact) mass is 358 g/mol. The van der Waals surface area contributed by atoms with Crippen molar-refractivity contribution in [3.05, 3.63) is 23.8 Å². The third-order valence-electron chi connectivity index (χ3n) is 8.99. The van der Waals surface area contributed by atoms with Crippen LogP contribution in [-0.2, 0) is 14.3 Å². The predicted molar refractivity (Wildman–Crippen MR) is 97.4 cm³/mol. The lowest BCUT2D eigenvalue weighted by atomic mass is 9.47. The Bertz CT molecular complexity index is 696. The lowest BCUT2D eigenvalue weighted by Gasteiger charge is -2.58. The first kappa shape index (κ1) is 17.0. The summed E-state index contributed by atoms with van der Waals surface area (Å²) < 4.78 is 11.7. The Labute approximate surface area is 155 Å². The van der Waals surface area contributed by atoms with Gasteiger partial charge in [-0.05, 0) is 62.7 Å². The van der Waals surface area contributed by atoms with Gasteiger partial charge in [0, 0.05) is 10.8 Å². The number of rotatable bonds is 1. The van der Waals surface area contributed by atoms with Crippen molar-refractivity contribution >= 4 is 5.97 Å². The SMILES string of the molecule is C[C@]12C=CCC=C1CC[C@@H]1[C@@H]2CC[C@@]2(C)[C@H]1CC[C@@]21OCOC1C(=O)O. The third kappa shape index (κ3) is 1.90. The highest BCUT2D eigenvalue weighted by Crippen LogP contribution is 2.69. The number of hydrogen-bond donors (Lipinski definition) is 1. The summed E-state index contributed by atoms with van der Waals surface area (Å²) in [5, 5.41) is 9.75. The Morgan fingerprint density at radius 1 is 1.19 bits per heavy atom. The van der Waals surface area contributed by atoms with Gasteiger partial charge in [-0.2, -0.15) is 0 Å². The second-order valence-corrected chi connectivity index (χ2v) is 9.60. The molecule has 0 aromatic carbocycles. The molecule has 5 rings (SSSR count). The summed E-state index contributed by atoms with van der Waals surface area (Å²) >= 11 is 0. The van der Waals surface area contributed by atoms with Crippen LogP contribution < -0.4 is 0 Å². The van der Waals surface area contributed by atoms with Crippen molar-refractivity contribution in [2.45, 2.75) is 70.5 Å². The van der Waals surface area contributed by atoms with Crippen LogP contribution in [0.25, 0.3) is 0 Å². The number of carbonyl (C=O) groups is 1. The van der Waals surface area contributed by atoms with Crippen LogP contribution in [0.1, 0.15) is 58.8 Å². The van der Waals surface area contributed by atoms with Crippen molar-refractivity contribution in [2.24, 2.45) is 28.6 Å². The van der Waals surface area contributed by atoms with E-state index in [9.17, 15) is 9.90 Å². The molecule has 0 aromatic rings. The summed E-state index contributed by atoms with van der Waals surface area (Å²) in [6.07, 6.45) is 14.1. The van der Waals surface area contributed by atoms with E-state index in [0.717, 1.165) is 32.1 Å². The second kappa shape index (κ2) is 5.45. The van der Waals surface area contributed by atoms with Crippen molar-refractivity contribution in [3.63, 3.8) is 0 Å². The van der Waals surface area contributed by atoms with E-state index in [-0.39, 0.29) is 17.6 Å². The molecule has 0 radical (unpaired) electrons. The van der Waals surface area contributed by atoms with Crippen LogP contribution in [0.4, 0.5) is 0 Å². The van der Waals surface area contributed by atoms with Crippen molar-refractivity contribution < 1.29 is 19.4 Å². The van der Waals surface area contributed by atoms with Gasteiger partial charge in [0.05, 0.1) is 0 Å². The molecule has 26 heavy (non-hydrogen) atoms. The molecule has 0 amide bonds. The minimum atomic E-state index is -0.859. The molecule has 1 aliphatic heterocycles. The smallest absolute Gasteiger partial charge is 0.336 e. The van der Waals surface area contributed by atoms with Crippen molar-refractivity contribution in [1.29, 1.82) is 0 Å². The number of carboxylic acid groups (broad SMARTS) is 1. The summed E-state index contributed by atoms with van der Waals surface area (Å²) in [5.74, 6) is 1.02. The lowest BCUT2D eigenvalue weighted by molar-refractivity contribution is -0.164. The van der Waals surface area contributed by atoms with Gasteiger partial charge in [-0.1, -0.05) is 37.6 Å². The molecule has 1 unspecified atom stereocenters. The van der Waals surface area contributed by atoms with Crippen LogP contribution in [0.5, 0.6) is 0 Å². The van der Waals surface area contributed by atoms with Crippen molar-refractivity contribution in [1.82, 2.24) is 0 Å². The zero-order valence-corrected chi connectivity index (χ0v) is 15.9. The molecule has 1 N–H and O–H groups in total. The van der Waals surface area contributed by atoms with Crippen molar-refractivity contribution in [3.8, 4) is 0 Å². The van der Waals surface area contributed by atoms with Gasteiger partial charge in [-0.3, -0.25) is 0 Å². The zero-order chi connectivity index (χ0) is 18.2. The quantitative estimate of drug-likeness (QED) is 0.710. The van der Waals surface area contributed by atoms with Gasteiger partial charge in [0.2, 0.25) is 0 Å². The maximum absolute atomic E-state index is 11.9. The minimum Gasteiger partial charge on any atom is -0.479 e. The van der Waals surface area contributed by atoms with Gasteiger partial charge in [-0.15, -0.1) is 0 Å². The first-order valence-electron chi connectivity index (χ1n) is 10.3. The van der Waals surface area contributed by atoms with Gasteiger partial charge in [-0.25, -0.2) is 4.79 Å². The first-order valence-corrected chi connectivity index (χ1v) is 10.3. The highest BCUT2D eigenvalue weighted by Gasteiger charge is 2.70. The number of allylic oxidation sites excluding steroid dienone is 4. The molecule has 5 aliphatic rings. The summed E-state index contributed by atoms with van der Waals surface area (Å²) in [6, 6.07) is 0. The predicted octanol–water partition coefficient (Wildman–Crippen LogP) is 4.31. The summed E-state index contributed by atoms with van der Waals surface area (Å²) in [6.45, 7) is 4.87. The van der Waals surface area contributed by atoms with E-state index in [0.29, 0.717) is 17.8 Å². The van der Waals surface area contributed by atoms with E-state index in [4.69, 9.17) is 9.47 Å². The Balaban J connectivity index is 1.51. The van der Waals surface area contributed by atoms with E-state index >= 15 is 0 Å². The van der Waals surface area contributed by atoms with Crippen LogP contribution >= 0.6 is 0 Å². The number of ether oxygens (including phenoxy) is 2. The van der Waals surface area contributed by atoms with E-state index in [1.54, 1.807) is 5.57 Å². The average molecular weight is 358 g/mol. The molecule has 1 saturated heterocycles. The van der Waals surface area contributed by atoms with Crippen LogP contribution in [-0.4, -0.2) is 29.6 Å². The van der Waals surface area contributed by atoms with Crippen molar-refractivity contribution in [2.75, 3.05) is 6.79 Å². The fourth-order valence-corrected chi connectivity index (χ4v) is 7.73. The van der Waals surface area contributed by atoms with E-state index in [2.05, 4.69) is 32.1 Å². The number of hydrogen-bond acceptors (Lipinski definition) is 3. The summed E-state index contributed by atoms with van der Waals surface area (Å²) in [7, 11) is 0. The molecular formula is C22H30O4. The fraction of sp³-hybridized carbons (Fsp3) is 0.773. The van der Waals surface area contributed by atoms with Crippen LogP contribution in [0.2, 0.25) is 0 Å². The Hall–Kier alpha value is -1.13. The Kier molecular flexibility index (Phi) is 3.56. The molecule has 142 valence electrons. The van der Waals surface area contributed by atoms with Gasteiger partial charge in [0.15, 0.2) is 6.10 Å². The Morgan fingerprint density at radius 3 is 2.81 bits per heavy atom. The number of aliphatic carboxylic acids is 1. The maximum Gasteiger partial charge on any atom is 0.336 e. The molecule has 4 heteroatoms. The van der Waals surface area contributed by atoms with Gasteiger partial charge in [0.1, 0.15) is 12.4 Å². The maximum atomic E-state index is 11.9. The molecular weight excluding hydrogens is 328 g/mol. The van der Waals surface area contributed by atoms with E-state index < -0.39 is 17.7 Å². The normalized spacial score (nSPS) is 52.3. The van der Waals surface area contributed by atoms with Crippen LogP contribution in [0.3, 0.4) is 0 Å². The summed E-state index contributed by atoms with van der Waals surface area (Å²) in [4.78, 5) is 11.9. The molecule has 3 saturated carbocycles. The van der Waals surface area contributed by atoms with Crippen LogP contribution in [0, 0.1) is 28.6 Å². The zero-order valence-electron chi connectivity index (χ0n) is 15.9. The second-order valence-electron chi connectivity index (χ2n) is 9.60. The van der Waals surface area contributed by atoms with Gasteiger partial charge >= 0.3 is 5.97 Å². The molecule has 0 aromatic heterocycles. The summed E-state index contributed by atoms with van der Waals surface area (Å²) in [5.41, 5.74) is 1.12. The molecule has 4 nitrogen and oxygen atoms in total.